The average Bonchev–Trinajstić information content (AvgIpc) is 3.12. The van der Waals surface area contributed by atoms with Crippen molar-refractivity contribution in [1.82, 2.24) is 4.90 Å². The molecule has 2 fully saturated rings. The number of Topliss-reactive ketones (excluding diaryl/α,β-unsaturated/α-hetero) is 1. The number of alkyl halides is 1. The van der Waals surface area contributed by atoms with Gasteiger partial charge in [0.2, 0.25) is 0 Å². The summed E-state index contributed by atoms with van der Waals surface area (Å²) in [6, 6.07) is 8.86. The smallest absolute Gasteiger partial charge is 0.410 e. The molecule has 1 saturated carbocycles. The highest BCUT2D eigenvalue weighted by Gasteiger charge is 2.58. The van der Waals surface area contributed by atoms with Gasteiger partial charge in [-0.25, -0.2) is 9.18 Å². The summed E-state index contributed by atoms with van der Waals surface area (Å²) in [5.41, 5.74) is 0.885. The predicted octanol–water partition coefficient (Wildman–Crippen LogP) is 2.32. The van der Waals surface area contributed by atoms with Gasteiger partial charge >= 0.3 is 6.09 Å². The van der Waals surface area contributed by atoms with E-state index in [1.54, 1.807) is 0 Å². The van der Waals surface area contributed by atoms with Gasteiger partial charge in [-0.3, -0.25) is 4.79 Å². The minimum absolute atomic E-state index is 0.0264. The van der Waals surface area contributed by atoms with Crippen LogP contribution in [-0.4, -0.2) is 35.5 Å². The van der Waals surface area contributed by atoms with Crippen molar-refractivity contribution >= 4 is 11.9 Å². The molecule has 20 heavy (non-hydrogen) atoms. The zero-order valence-corrected chi connectivity index (χ0v) is 11.0. The van der Waals surface area contributed by atoms with Crippen molar-refractivity contribution in [2.45, 2.75) is 31.7 Å². The molecule has 0 spiro atoms. The Bertz CT molecular complexity index is 519. The van der Waals surface area contributed by atoms with E-state index in [-0.39, 0.29) is 31.3 Å². The Labute approximate surface area is 116 Å². The fourth-order valence-electron chi connectivity index (χ4n) is 2.73. The summed E-state index contributed by atoms with van der Waals surface area (Å²) >= 11 is 0. The molecule has 3 atom stereocenters. The SMILES string of the molecule is O=C1CCN(C(=O)OCc2ccccc2)[C@@H]2[C@@H](F)[C@@H]2C1. The van der Waals surface area contributed by atoms with Crippen molar-refractivity contribution in [3.05, 3.63) is 35.9 Å². The lowest BCUT2D eigenvalue weighted by Gasteiger charge is -2.20. The van der Waals surface area contributed by atoms with Crippen LogP contribution in [0.5, 0.6) is 0 Å². The first-order valence-electron chi connectivity index (χ1n) is 6.80. The first kappa shape index (κ1) is 13.1. The lowest BCUT2D eigenvalue weighted by Crippen LogP contribution is -2.36. The molecule has 1 aliphatic carbocycles. The highest BCUT2D eigenvalue weighted by molar-refractivity contribution is 5.81. The number of hydrogen-bond donors (Lipinski definition) is 0. The molecule has 5 heteroatoms. The Balaban J connectivity index is 1.60. The summed E-state index contributed by atoms with van der Waals surface area (Å²) in [5, 5.41) is 0. The van der Waals surface area contributed by atoms with Gasteiger partial charge in [0.15, 0.2) is 0 Å². The van der Waals surface area contributed by atoms with Crippen LogP contribution in [0.2, 0.25) is 0 Å². The van der Waals surface area contributed by atoms with Gasteiger partial charge in [0.05, 0.1) is 6.04 Å². The summed E-state index contributed by atoms with van der Waals surface area (Å²) in [5.74, 6) is -0.298. The number of benzene rings is 1. The fourth-order valence-corrected chi connectivity index (χ4v) is 2.73. The number of likely N-dealkylation sites (tertiary alicyclic amines) is 1. The Morgan fingerprint density at radius 2 is 2.10 bits per heavy atom. The number of nitrogens with zero attached hydrogens (tertiary/aromatic N) is 1. The molecule has 0 aromatic heterocycles. The zero-order valence-electron chi connectivity index (χ0n) is 11.0. The molecule has 1 aromatic rings. The molecule has 4 nitrogen and oxygen atoms in total. The van der Waals surface area contributed by atoms with Crippen molar-refractivity contribution < 1.29 is 18.7 Å². The van der Waals surface area contributed by atoms with Gasteiger partial charge in [0.1, 0.15) is 18.6 Å². The van der Waals surface area contributed by atoms with E-state index in [9.17, 15) is 14.0 Å². The summed E-state index contributed by atoms with van der Waals surface area (Å²) in [6.45, 7) is 0.423. The number of carbonyl (C=O) groups is 2. The van der Waals surface area contributed by atoms with Gasteiger partial charge < -0.3 is 9.64 Å². The molecule has 0 bridgehead atoms. The molecule has 0 unspecified atom stereocenters. The maximum atomic E-state index is 13.6. The van der Waals surface area contributed by atoms with E-state index in [0.717, 1.165) is 5.56 Å². The highest BCUT2D eigenvalue weighted by atomic mass is 19.1. The minimum Gasteiger partial charge on any atom is -0.445 e. The molecule has 0 radical (unpaired) electrons. The Hall–Kier alpha value is -1.91. The number of ether oxygens (including phenoxy) is 1. The van der Waals surface area contributed by atoms with E-state index < -0.39 is 18.3 Å². The normalized spacial score (nSPS) is 28.6. The van der Waals surface area contributed by atoms with E-state index in [1.165, 1.54) is 4.90 Å². The van der Waals surface area contributed by atoms with Gasteiger partial charge in [-0.2, -0.15) is 0 Å². The number of halogens is 1. The largest absolute Gasteiger partial charge is 0.445 e. The lowest BCUT2D eigenvalue weighted by molar-refractivity contribution is -0.119. The quantitative estimate of drug-likeness (QED) is 0.833. The second-order valence-corrected chi connectivity index (χ2v) is 5.33. The molecule has 1 amide bonds. The van der Waals surface area contributed by atoms with Crippen LogP contribution in [0.3, 0.4) is 0 Å². The fraction of sp³-hybridized carbons (Fsp3) is 0.467. The Morgan fingerprint density at radius 1 is 1.35 bits per heavy atom. The van der Waals surface area contributed by atoms with Gasteiger partial charge in [-0.15, -0.1) is 0 Å². The third kappa shape index (κ3) is 2.53. The van der Waals surface area contributed by atoms with E-state index in [1.807, 2.05) is 30.3 Å². The van der Waals surface area contributed by atoms with Crippen LogP contribution in [-0.2, 0) is 16.1 Å². The van der Waals surface area contributed by atoms with Crippen molar-refractivity contribution in [1.29, 1.82) is 0 Å². The minimum atomic E-state index is -1.08. The number of carbonyl (C=O) groups excluding carboxylic acids is 2. The van der Waals surface area contributed by atoms with Gasteiger partial charge in [0.25, 0.3) is 0 Å². The zero-order chi connectivity index (χ0) is 14.1. The molecule has 106 valence electrons. The second kappa shape index (κ2) is 5.23. The number of amides is 1. The molecular weight excluding hydrogens is 261 g/mol. The summed E-state index contributed by atoms with van der Waals surface area (Å²) in [4.78, 5) is 24.9. The number of hydrogen-bond acceptors (Lipinski definition) is 3. The third-order valence-corrected chi connectivity index (χ3v) is 3.93. The molecule has 1 aromatic carbocycles. The molecule has 0 N–H and O–H groups in total. The Kier molecular flexibility index (Phi) is 3.42. The Morgan fingerprint density at radius 3 is 2.85 bits per heavy atom. The van der Waals surface area contributed by atoms with Crippen LogP contribution in [0.4, 0.5) is 9.18 Å². The number of rotatable bonds is 2. The molecule has 1 heterocycles. The first-order valence-corrected chi connectivity index (χ1v) is 6.80. The average molecular weight is 277 g/mol. The number of fused-ring (bicyclic) bond motifs is 1. The maximum absolute atomic E-state index is 13.6. The summed E-state index contributed by atoms with van der Waals surface area (Å²) in [6.07, 6.45) is -1.07. The van der Waals surface area contributed by atoms with Crippen molar-refractivity contribution in [3.63, 3.8) is 0 Å². The monoisotopic (exact) mass is 277 g/mol. The van der Waals surface area contributed by atoms with Crippen molar-refractivity contribution in [2.75, 3.05) is 6.54 Å². The highest BCUT2D eigenvalue weighted by Crippen LogP contribution is 2.44. The van der Waals surface area contributed by atoms with Crippen LogP contribution in [0, 0.1) is 5.92 Å². The molecular formula is C15H16FNO3. The van der Waals surface area contributed by atoms with Crippen LogP contribution < -0.4 is 0 Å². The lowest BCUT2D eigenvalue weighted by atomic mass is 10.2. The van der Waals surface area contributed by atoms with Gasteiger partial charge in [-0.1, -0.05) is 30.3 Å². The second-order valence-electron chi connectivity index (χ2n) is 5.33. The van der Waals surface area contributed by atoms with E-state index >= 15 is 0 Å². The first-order chi connectivity index (χ1) is 9.66. The molecule has 1 aliphatic heterocycles. The summed E-state index contributed by atoms with van der Waals surface area (Å²) < 4.78 is 18.8. The molecule has 3 rings (SSSR count). The van der Waals surface area contributed by atoms with Crippen LogP contribution in [0.15, 0.2) is 30.3 Å². The van der Waals surface area contributed by atoms with Crippen LogP contribution in [0.1, 0.15) is 18.4 Å². The topological polar surface area (TPSA) is 46.6 Å². The van der Waals surface area contributed by atoms with E-state index in [4.69, 9.17) is 4.74 Å². The predicted molar refractivity (Wildman–Crippen MR) is 69.7 cm³/mol. The molecule has 2 aliphatic rings. The standard InChI is InChI=1S/C15H16FNO3/c16-13-12-8-11(18)6-7-17(14(12)13)15(19)20-9-10-4-2-1-3-5-10/h1-5,12-14H,6-9H2/t12-,13-,14-/m0/s1. The third-order valence-electron chi connectivity index (χ3n) is 3.93. The summed E-state index contributed by atoms with van der Waals surface area (Å²) in [7, 11) is 0. The number of ketones is 1. The van der Waals surface area contributed by atoms with Crippen LogP contribution >= 0.6 is 0 Å². The van der Waals surface area contributed by atoms with Crippen molar-refractivity contribution in [3.8, 4) is 0 Å². The molecule has 1 saturated heterocycles. The van der Waals surface area contributed by atoms with Crippen LogP contribution in [0.25, 0.3) is 0 Å². The van der Waals surface area contributed by atoms with Gasteiger partial charge in [0, 0.05) is 25.3 Å². The van der Waals surface area contributed by atoms with Gasteiger partial charge in [-0.05, 0) is 5.56 Å². The maximum Gasteiger partial charge on any atom is 0.410 e. The van der Waals surface area contributed by atoms with E-state index in [2.05, 4.69) is 0 Å². The van der Waals surface area contributed by atoms with E-state index in [0.29, 0.717) is 6.42 Å². The van der Waals surface area contributed by atoms with Crippen molar-refractivity contribution in [2.24, 2.45) is 5.92 Å².